The molecule has 1 fully saturated rings. The molecule has 176 valence electrons. The van der Waals surface area contributed by atoms with E-state index in [-0.39, 0.29) is 11.6 Å². The van der Waals surface area contributed by atoms with Crippen molar-refractivity contribution < 1.29 is 18.4 Å². The van der Waals surface area contributed by atoms with Gasteiger partial charge in [-0.3, -0.25) is 4.79 Å². The molecule has 0 spiro atoms. The summed E-state index contributed by atoms with van der Waals surface area (Å²) in [7, 11) is 0. The number of urea groups is 1. The Balaban J connectivity index is 1.27. The molecule has 4 rings (SSSR count). The molecule has 1 aliphatic rings. The Morgan fingerprint density at radius 1 is 0.882 bits per heavy atom. The number of hydrogen-bond acceptors (Lipinski definition) is 3. The van der Waals surface area contributed by atoms with Gasteiger partial charge in [0.2, 0.25) is 5.91 Å². The first-order chi connectivity index (χ1) is 16.4. The third-order valence-corrected chi connectivity index (χ3v) is 5.74. The maximum absolute atomic E-state index is 13.7. The second kappa shape index (κ2) is 10.3. The van der Waals surface area contributed by atoms with Crippen molar-refractivity contribution in [2.75, 3.05) is 41.7 Å². The van der Waals surface area contributed by atoms with Gasteiger partial charge in [0.05, 0.1) is 12.1 Å². The van der Waals surface area contributed by atoms with Crippen LogP contribution in [0.5, 0.6) is 0 Å². The summed E-state index contributed by atoms with van der Waals surface area (Å²) < 4.78 is 26.7. The van der Waals surface area contributed by atoms with Crippen LogP contribution in [0.15, 0.2) is 66.7 Å². The molecule has 3 aromatic rings. The second-order valence-electron chi connectivity index (χ2n) is 8.28. The first-order valence-corrected chi connectivity index (χ1v) is 11.1. The summed E-state index contributed by atoms with van der Waals surface area (Å²) in [5, 5.41) is 4.99. The number of carbonyl (C=O) groups is 2. The Morgan fingerprint density at radius 3 is 2.29 bits per heavy atom. The summed E-state index contributed by atoms with van der Waals surface area (Å²) in [4.78, 5) is 28.9. The second-order valence-corrected chi connectivity index (χ2v) is 8.28. The van der Waals surface area contributed by atoms with Crippen molar-refractivity contribution in [3.05, 3.63) is 89.5 Å². The summed E-state index contributed by atoms with van der Waals surface area (Å²) in [6, 6.07) is 17.6. The largest absolute Gasteiger partial charge is 0.368 e. The minimum Gasteiger partial charge on any atom is -0.368 e. The molecule has 3 amide bonds. The van der Waals surface area contributed by atoms with E-state index < -0.39 is 17.7 Å². The van der Waals surface area contributed by atoms with Crippen LogP contribution in [-0.2, 0) is 11.2 Å². The van der Waals surface area contributed by atoms with Crippen LogP contribution in [0.4, 0.5) is 30.6 Å². The van der Waals surface area contributed by atoms with Gasteiger partial charge in [-0.1, -0.05) is 29.8 Å². The van der Waals surface area contributed by atoms with E-state index in [9.17, 15) is 18.4 Å². The van der Waals surface area contributed by atoms with E-state index in [1.54, 1.807) is 12.1 Å². The number of benzene rings is 3. The van der Waals surface area contributed by atoms with Gasteiger partial charge < -0.3 is 20.4 Å². The summed E-state index contributed by atoms with van der Waals surface area (Å²) in [6.07, 6.45) is 0.409. The zero-order valence-electron chi connectivity index (χ0n) is 18.9. The minimum atomic E-state index is -0.845. The summed E-state index contributed by atoms with van der Waals surface area (Å²) in [5.74, 6) is -1.43. The molecule has 34 heavy (non-hydrogen) atoms. The van der Waals surface area contributed by atoms with Gasteiger partial charge >= 0.3 is 6.03 Å². The lowest BCUT2D eigenvalue weighted by atomic mass is 10.1. The number of piperazine rings is 1. The lowest BCUT2D eigenvalue weighted by molar-refractivity contribution is -0.130. The van der Waals surface area contributed by atoms with Crippen molar-refractivity contribution in [1.29, 1.82) is 0 Å². The van der Waals surface area contributed by atoms with Crippen LogP contribution < -0.4 is 15.5 Å². The zero-order chi connectivity index (χ0) is 24.1. The van der Waals surface area contributed by atoms with Crippen LogP contribution in [0.2, 0.25) is 0 Å². The van der Waals surface area contributed by atoms with Gasteiger partial charge in [-0.05, 0) is 48.9 Å². The number of hydrogen-bond donors (Lipinski definition) is 2. The molecule has 1 heterocycles. The molecule has 0 aromatic heterocycles. The molecule has 8 heteroatoms. The Kier molecular flexibility index (Phi) is 7.06. The van der Waals surface area contributed by atoms with E-state index >= 15 is 0 Å². The molecular formula is C26H26F2N4O2. The quantitative estimate of drug-likeness (QED) is 0.570. The van der Waals surface area contributed by atoms with Crippen LogP contribution in [0.1, 0.15) is 11.1 Å². The summed E-state index contributed by atoms with van der Waals surface area (Å²) >= 11 is 0. The number of halogens is 2. The lowest BCUT2D eigenvalue weighted by Gasteiger charge is -2.36. The maximum atomic E-state index is 13.7. The number of amides is 3. The predicted molar refractivity (Wildman–Crippen MR) is 129 cm³/mol. The van der Waals surface area contributed by atoms with E-state index in [0.29, 0.717) is 31.3 Å². The number of aryl methyl sites for hydroxylation is 1. The van der Waals surface area contributed by atoms with Gasteiger partial charge in [-0.2, -0.15) is 0 Å². The molecule has 2 N–H and O–H groups in total. The van der Waals surface area contributed by atoms with E-state index in [1.165, 1.54) is 6.07 Å². The third kappa shape index (κ3) is 5.89. The highest BCUT2D eigenvalue weighted by Crippen LogP contribution is 2.21. The molecule has 1 saturated heterocycles. The molecule has 0 aliphatic carbocycles. The number of nitrogens with zero attached hydrogens (tertiary/aromatic N) is 2. The molecule has 1 aliphatic heterocycles. The van der Waals surface area contributed by atoms with E-state index in [0.717, 1.165) is 36.0 Å². The fourth-order valence-electron chi connectivity index (χ4n) is 3.95. The number of nitrogens with one attached hydrogen (secondary N) is 2. The lowest BCUT2D eigenvalue weighted by Crippen LogP contribution is -2.49. The Bertz CT molecular complexity index is 1180. The summed E-state index contributed by atoms with van der Waals surface area (Å²) in [5.41, 5.74) is 3.59. The van der Waals surface area contributed by atoms with Gasteiger partial charge in [0.1, 0.15) is 11.6 Å². The third-order valence-electron chi connectivity index (χ3n) is 5.74. The van der Waals surface area contributed by atoms with Crippen LogP contribution in [0.25, 0.3) is 0 Å². The zero-order valence-corrected chi connectivity index (χ0v) is 18.9. The van der Waals surface area contributed by atoms with Crippen molar-refractivity contribution in [2.24, 2.45) is 0 Å². The normalized spacial score (nSPS) is 13.5. The Morgan fingerprint density at radius 2 is 1.62 bits per heavy atom. The van der Waals surface area contributed by atoms with Gasteiger partial charge in [0, 0.05) is 43.6 Å². The average molecular weight is 465 g/mol. The molecule has 0 bridgehead atoms. The first kappa shape index (κ1) is 23.2. The maximum Gasteiger partial charge on any atom is 0.323 e. The molecule has 0 saturated carbocycles. The Labute approximate surface area is 197 Å². The number of carbonyl (C=O) groups excluding carboxylic acids is 2. The molecule has 0 atom stereocenters. The molecule has 6 nitrogen and oxygen atoms in total. The van der Waals surface area contributed by atoms with E-state index in [1.807, 2.05) is 48.2 Å². The summed E-state index contributed by atoms with van der Waals surface area (Å²) in [6.45, 7) is 4.76. The van der Waals surface area contributed by atoms with Crippen LogP contribution in [-0.4, -0.2) is 43.0 Å². The smallest absolute Gasteiger partial charge is 0.323 e. The number of anilines is 3. The number of rotatable bonds is 5. The first-order valence-electron chi connectivity index (χ1n) is 11.1. The van der Waals surface area contributed by atoms with Crippen molar-refractivity contribution in [3.8, 4) is 0 Å². The van der Waals surface area contributed by atoms with Crippen LogP contribution in [0.3, 0.4) is 0 Å². The molecule has 3 aromatic carbocycles. The molecular weight excluding hydrogens is 438 g/mol. The van der Waals surface area contributed by atoms with E-state index in [2.05, 4.69) is 15.5 Å². The minimum absolute atomic E-state index is 0.106. The SMILES string of the molecule is Cc1cccc(CC(=O)N2CCN(c3ccc(NC(=O)Nc4ccc(F)cc4F)cc3)CC2)c1. The average Bonchev–Trinajstić information content (AvgIpc) is 2.81. The van der Waals surface area contributed by atoms with Crippen LogP contribution >= 0.6 is 0 Å². The monoisotopic (exact) mass is 464 g/mol. The van der Waals surface area contributed by atoms with Crippen molar-refractivity contribution in [2.45, 2.75) is 13.3 Å². The highest BCUT2D eigenvalue weighted by molar-refractivity contribution is 5.99. The van der Waals surface area contributed by atoms with Crippen molar-refractivity contribution >= 4 is 29.0 Å². The van der Waals surface area contributed by atoms with Crippen molar-refractivity contribution in [1.82, 2.24) is 4.90 Å². The molecule has 0 unspecified atom stereocenters. The van der Waals surface area contributed by atoms with Gasteiger partial charge in [-0.25, -0.2) is 13.6 Å². The standard InChI is InChI=1S/C26H26F2N4O2/c1-18-3-2-4-19(15-18)16-25(33)32-13-11-31(12-14-32)22-8-6-21(7-9-22)29-26(34)30-24-10-5-20(27)17-23(24)28/h2-10,15,17H,11-14,16H2,1H3,(H2,29,30,34). The predicted octanol–water partition coefficient (Wildman–Crippen LogP) is 4.81. The highest BCUT2D eigenvalue weighted by atomic mass is 19.1. The highest BCUT2D eigenvalue weighted by Gasteiger charge is 2.21. The van der Waals surface area contributed by atoms with Gasteiger partial charge in [0.15, 0.2) is 0 Å². The van der Waals surface area contributed by atoms with Crippen LogP contribution in [0, 0.1) is 18.6 Å². The fraction of sp³-hybridized carbons (Fsp3) is 0.231. The van der Waals surface area contributed by atoms with Gasteiger partial charge in [-0.15, -0.1) is 0 Å². The van der Waals surface area contributed by atoms with E-state index in [4.69, 9.17) is 0 Å². The fourth-order valence-corrected chi connectivity index (χ4v) is 3.95. The van der Waals surface area contributed by atoms with Crippen molar-refractivity contribution in [3.63, 3.8) is 0 Å². The topological polar surface area (TPSA) is 64.7 Å². The molecule has 0 radical (unpaired) electrons. The van der Waals surface area contributed by atoms with Gasteiger partial charge in [0.25, 0.3) is 0 Å². The Hall–Kier alpha value is -3.94.